The lowest BCUT2D eigenvalue weighted by atomic mass is 10.0. The highest BCUT2D eigenvalue weighted by Gasteiger charge is 2.22. The number of amides is 1. The third-order valence-corrected chi connectivity index (χ3v) is 5.68. The van der Waals surface area contributed by atoms with Crippen molar-refractivity contribution in [3.8, 4) is 11.4 Å². The Hall–Kier alpha value is -2.73. The first kappa shape index (κ1) is 18.6. The lowest BCUT2D eigenvalue weighted by Gasteiger charge is -2.26. The zero-order valence-electron chi connectivity index (χ0n) is 16.0. The minimum Gasteiger partial charge on any atom is -0.493 e. The third kappa shape index (κ3) is 4.07. The maximum Gasteiger partial charge on any atom is 0.230 e. The normalized spacial score (nSPS) is 15.6. The molecule has 0 saturated carbocycles. The van der Waals surface area contributed by atoms with E-state index in [4.69, 9.17) is 4.74 Å². The Bertz CT molecular complexity index is 979. The van der Waals surface area contributed by atoms with Crippen LogP contribution < -0.4 is 10.1 Å². The van der Waals surface area contributed by atoms with Crippen molar-refractivity contribution in [2.75, 3.05) is 12.4 Å². The molecule has 144 valence electrons. The number of ether oxygens (including phenoxy) is 1. The zero-order valence-corrected chi connectivity index (χ0v) is 16.8. The zero-order chi connectivity index (χ0) is 19.5. The van der Waals surface area contributed by atoms with Crippen molar-refractivity contribution in [2.24, 2.45) is 0 Å². The largest absolute Gasteiger partial charge is 0.493 e. The molecule has 2 aromatic carbocycles. The highest BCUT2D eigenvalue weighted by Crippen LogP contribution is 2.31. The van der Waals surface area contributed by atoms with Gasteiger partial charge in [-0.25, -0.2) is 4.98 Å². The molecule has 28 heavy (non-hydrogen) atoms. The fourth-order valence-electron chi connectivity index (χ4n) is 3.54. The molecule has 1 aromatic heterocycles. The number of nitrogens with zero attached hydrogens (tertiary/aromatic N) is 2. The fraction of sp³-hybridized carbons (Fsp3) is 0.273. The predicted octanol–water partition coefficient (Wildman–Crippen LogP) is 4.22. The monoisotopic (exact) mass is 393 g/mol. The van der Waals surface area contributed by atoms with Crippen LogP contribution in [-0.4, -0.2) is 27.8 Å². The topological polar surface area (TPSA) is 56.2 Å². The molecule has 0 aliphatic carbocycles. The number of nitrogens with one attached hydrogen (secondary N) is 1. The van der Waals surface area contributed by atoms with Gasteiger partial charge in [-0.15, -0.1) is 0 Å². The molecule has 0 saturated heterocycles. The summed E-state index contributed by atoms with van der Waals surface area (Å²) in [6.07, 6.45) is 4.49. The molecule has 0 radical (unpaired) electrons. The van der Waals surface area contributed by atoms with Crippen LogP contribution in [0, 0.1) is 13.8 Å². The van der Waals surface area contributed by atoms with Gasteiger partial charge in [0.1, 0.15) is 5.75 Å². The summed E-state index contributed by atoms with van der Waals surface area (Å²) in [5.74, 6) is 1.18. The van der Waals surface area contributed by atoms with Crippen LogP contribution in [0.5, 0.6) is 5.75 Å². The van der Waals surface area contributed by atoms with Gasteiger partial charge in [-0.1, -0.05) is 36.0 Å². The summed E-state index contributed by atoms with van der Waals surface area (Å²) >= 11 is 1.45. The number of aryl methyl sites for hydroxylation is 2. The van der Waals surface area contributed by atoms with Crippen LogP contribution in [-0.2, 0) is 4.79 Å². The SMILES string of the molecule is Cc1cc(C)cc(-n2ccnc2SCC(=O)NC2CCOc3ccccc32)c1. The molecule has 1 aliphatic rings. The number of imidazole rings is 1. The molecule has 6 heteroatoms. The van der Waals surface area contributed by atoms with Gasteiger partial charge in [0.2, 0.25) is 5.91 Å². The summed E-state index contributed by atoms with van der Waals surface area (Å²) in [6, 6.07) is 14.3. The van der Waals surface area contributed by atoms with Gasteiger partial charge in [0, 0.05) is 30.1 Å². The maximum atomic E-state index is 12.6. The van der Waals surface area contributed by atoms with Gasteiger partial charge < -0.3 is 10.1 Å². The standard InChI is InChI=1S/C22H23N3O2S/c1-15-11-16(2)13-17(12-15)25-9-8-23-22(25)28-14-21(26)24-19-7-10-27-20-6-4-3-5-18(19)20/h3-6,8-9,11-13,19H,7,10,14H2,1-2H3,(H,24,26). The van der Waals surface area contributed by atoms with Crippen LogP contribution in [0.1, 0.15) is 29.2 Å². The molecule has 3 aromatic rings. The van der Waals surface area contributed by atoms with Gasteiger partial charge in [0.25, 0.3) is 0 Å². The van der Waals surface area contributed by atoms with Crippen LogP contribution in [0.25, 0.3) is 5.69 Å². The van der Waals surface area contributed by atoms with Crippen molar-refractivity contribution in [2.45, 2.75) is 31.5 Å². The van der Waals surface area contributed by atoms with E-state index in [1.54, 1.807) is 6.20 Å². The van der Waals surface area contributed by atoms with Crippen LogP contribution in [0.4, 0.5) is 0 Å². The van der Waals surface area contributed by atoms with Crippen molar-refractivity contribution in [1.82, 2.24) is 14.9 Å². The summed E-state index contributed by atoms with van der Waals surface area (Å²) in [7, 11) is 0. The van der Waals surface area contributed by atoms with Crippen molar-refractivity contribution in [3.05, 3.63) is 71.5 Å². The number of hydrogen-bond donors (Lipinski definition) is 1. The Morgan fingerprint density at radius 1 is 1.25 bits per heavy atom. The van der Waals surface area contributed by atoms with Crippen molar-refractivity contribution < 1.29 is 9.53 Å². The molecule has 1 amide bonds. The number of thioether (sulfide) groups is 1. The summed E-state index contributed by atoms with van der Waals surface area (Å²) in [5.41, 5.74) is 4.52. The smallest absolute Gasteiger partial charge is 0.230 e. The van der Waals surface area contributed by atoms with Gasteiger partial charge in [-0.3, -0.25) is 9.36 Å². The maximum absolute atomic E-state index is 12.6. The van der Waals surface area contributed by atoms with E-state index in [0.717, 1.165) is 28.6 Å². The number of carbonyl (C=O) groups excluding carboxylic acids is 1. The number of fused-ring (bicyclic) bond motifs is 1. The number of aromatic nitrogens is 2. The van der Waals surface area contributed by atoms with Gasteiger partial charge in [-0.05, 0) is 43.2 Å². The second-order valence-corrected chi connectivity index (χ2v) is 7.95. The first-order chi connectivity index (χ1) is 13.6. The molecule has 0 fully saturated rings. The van der Waals surface area contributed by atoms with E-state index in [1.807, 2.05) is 35.0 Å². The third-order valence-electron chi connectivity index (χ3n) is 4.72. The molecule has 0 bridgehead atoms. The Kier molecular flexibility index (Phi) is 5.39. The van der Waals surface area contributed by atoms with Crippen molar-refractivity contribution >= 4 is 17.7 Å². The highest BCUT2D eigenvalue weighted by molar-refractivity contribution is 7.99. The lowest BCUT2D eigenvalue weighted by Crippen LogP contribution is -2.33. The summed E-state index contributed by atoms with van der Waals surface area (Å²) < 4.78 is 7.70. The van der Waals surface area contributed by atoms with E-state index in [1.165, 1.54) is 22.9 Å². The van der Waals surface area contributed by atoms with Gasteiger partial charge >= 0.3 is 0 Å². The van der Waals surface area contributed by atoms with Gasteiger partial charge in [0.15, 0.2) is 5.16 Å². The van der Waals surface area contributed by atoms with E-state index in [2.05, 4.69) is 42.3 Å². The van der Waals surface area contributed by atoms with Crippen LogP contribution in [0.15, 0.2) is 60.0 Å². The minimum absolute atomic E-state index is 0.00155. The molecule has 1 aliphatic heterocycles. The molecule has 1 N–H and O–H groups in total. The Morgan fingerprint density at radius 3 is 2.86 bits per heavy atom. The Labute approximate surface area is 169 Å². The molecule has 1 atom stereocenters. The number of para-hydroxylation sites is 1. The van der Waals surface area contributed by atoms with E-state index in [9.17, 15) is 4.79 Å². The molecule has 1 unspecified atom stereocenters. The van der Waals surface area contributed by atoms with Gasteiger partial charge in [-0.2, -0.15) is 0 Å². The van der Waals surface area contributed by atoms with Crippen LogP contribution in [0.3, 0.4) is 0 Å². The second-order valence-electron chi connectivity index (χ2n) is 7.01. The molecule has 4 rings (SSSR count). The van der Waals surface area contributed by atoms with E-state index in [-0.39, 0.29) is 11.9 Å². The number of benzene rings is 2. The lowest BCUT2D eigenvalue weighted by molar-refractivity contribution is -0.119. The molecular formula is C22H23N3O2S. The number of rotatable bonds is 5. The average Bonchev–Trinajstić information content (AvgIpc) is 3.15. The summed E-state index contributed by atoms with van der Waals surface area (Å²) in [6.45, 7) is 4.78. The van der Waals surface area contributed by atoms with Crippen molar-refractivity contribution in [3.63, 3.8) is 0 Å². The van der Waals surface area contributed by atoms with E-state index >= 15 is 0 Å². The van der Waals surface area contributed by atoms with E-state index in [0.29, 0.717) is 12.4 Å². The van der Waals surface area contributed by atoms with Gasteiger partial charge in [0.05, 0.1) is 18.4 Å². The Balaban J connectivity index is 1.42. The minimum atomic E-state index is -0.00258. The first-order valence-corrected chi connectivity index (χ1v) is 10.3. The summed E-state index contributed by atoms with van der Waals surface area (Å²) in [5, 5.41) is 3.95. The van der Waals surface area contributed by atoms with E-state index < -0.39 is 0 Å². The Morgan fingerprint density at radius 2 is 2.04 bits per heavy atom. The van der Waals surface area contributed by atoms with Crippen LogP contribution in [0.2, 0.25) is 0 Å². The molecule has 0 spiro atoms. The predicted molar refractivity (Wildman–Crippen MR) is 111 cm³/mol. The number of carbonyl (C=O) groups is 1. The fourth-order valence-corrected chi connectivity index (χ4v) is 4.33. The molecule has 2 heterocycles. The summed E-state index contributed by atoms with van der Waals surface area (Å²) in [4.78, 5) is 17.0. The van der Waals surface area contributed by atoms with Crippen LogP contribution >= 0.6 is 11.8 Å². The quantitative estimate of drug-likeness (QED) is 0.660. The van der Waals surface area contributed by atoms with Crippen molar-refractivity contribution in [1.29, 1.82) is 0 Å². The average molecular weight is 394 g/mol. The molecule has 5 nitrogen and oxygen atoms in total. The highest BCUT2D eigenvalue weighted by atomic mass is 32.2. The first-order valence-electron chi connectivity index (χ1n) is 9.36. The second kappa shape index (κ2) is 8.10. The molecular weight excluding hydrogens is 370 g/mol. The number of hydrogen-bond acceptors (Lipinski definition) is 4.